The second-order valence-corrected chi connectivity index (χ2v) is 6.10. The third-order valence-electron chi connectivity index (χ3n) is 2.92. The normalized spacial score (nSPS) is 12.1. The number of hydrogen-bond acceptors (Lipinski definition) is 1. The number of halogens is 2. The van der Waals surface area contributed by atoms with Crippen molar-refractivity contribution in [1.29, 1.82) is 0 Å². The number of carboxylic acid groups (broad SMARTS) is 1. The highest BCUT2D eigenvalue weighted by Crippen LogP contribution is 2.24. The van der Waals surface area contributed by atoms with Crippen LogP contribution in [0.4, 0.5) is 0 Å². The van der Waals surface area contributed by atoms with Gasteiger partial charge in [-0.25, -0.2) is 0 Å². The fourth-order valence-electron chi connectivity index (χ4n) is 1.90. The number of carboxylic acids is 1. The lowest BCUT2D eigenvalue weighted by Crippen LogP contribution is -2.14. The number of benzene rings is 2. The first-order valence-electron chi connectivity index (χ1n) is 5.79. The Morgan fingerprint density at radius 3 is 1.89 bits per heavy atom. The molecule has 0 bridgehead atoms. The van der Waals surface area contributed by atoms with Crippen LogP contribution in [0.3, 0.4) is 0 Å². The second-order valence-electron chi connectivity index (χ2n) is 4.27. The fraction of sp³-hybridized carbons (Fsp3) is 0.133. The summed E-state index contributed by atoms with van der Waals surface area (Å²) in [6.45, 7) is 0. The van der Waals surface area contributed by atoms with E-state index in [4.69, 9.17) is 0 Å². The number of aliphatic carboxylic acids is 1. The Bertz CT molecular complexity index is 562. The van der Waals surface area contributed by atoms with Gasteiger partial charge in [0.1, 0.15) is 0 Å². The van der Waals surface area contributed by atoms with Gasteiger partial charge in [-0.15, -0.1) is 0 Å². The maximum atomic E-state index is 11.4. The van der Waals surface area contributed by atoms with Crippen LogP contribution in [0, 0.1) is 0 Å². The molecule has 2 rings (SSSR count). The van der Waals surface area contributed by atoms with Crippen molar-refractivity contribution in [3.05, 3.63) is 68.6 Å². The average Bonchev–Trinajstić information content (AvgIpc) is 2.39. The molecule has 4 heteroatoms. The molecule has 0 heterocycles. The van der Waals surface area contributed by atoms with Gasteiger partial charge >= 0.3 is 5.97 Å². The third kappa shape index (κ3) is 3.91. The maximum Gasteiger partial charge on any atom is 0.311 e. The van der Waals surface area contributed by atoms with Gasteiger partial charge in [0.2, 0.25) is 0 Å². The summed E-state index contributed by atoms with van der Waals surface area (Å²) >= 11 is 6.73. The molecule has 0 amide bonds. The summed E-state index contributed by atoms with van der Waals surface area (Å²) in [5.41, 5.74) is 1.83. The first-order chi connectivity index (χ1) is 9.06. The Labute approximate surface area is 128 Å². The number of hydrogen-bond donors (Lipinski definition) is 1. The summed E-state index contributed by atoms with van der Waals surface area (Å²) in [5.74, 6) is -1.32. The first kappa shape index (κ1) is 14.3. The molecule has 0 aliphatic heterocycles. The van der Waals surface area contributed by atoms with E-state index in [0.717, 1.165) is 20.1 Å². The van der Waals surface area contributed by atoms with Gasteiger partial charge in [0.25, 0.3) is 0 Å². The lowest BCUT2D eigenvalue weighted by atomic mass is 9.92. The van der Waals surface area contributed by atoms with Gasteiger partial charge in [-0.1, -0.05) is 56.1 Å². The Hall–Kier alpha value is -1.13. The molecule has 98 valence electrons. The Morgan fingerprint density at radius 2 is 1.42 bits per heavy atom. The Balaban J connectivity index is 2.23. The van der Waals surface area contributed by atoms with Crippen LogP contribution in [-0.2, 0) is 11.2 Å². The molecule has 0 fully saturated rings. The van der Waals surface area contributed by atoms with Crippen molar-refractivity contribution >= 4 is 37.8 Å². The molecule has 0 aliphatic carbocycles. The molecule has 2 nitrogen and oxygen atoms in total. The van der Waals surface area contributed by atoms with E-state index < -0.39 is 11.9 Å². The summed E-state index contributed by atoms with van der Waals surface area (Å²) in [6.07, 6.45) is 0.490. The van der Waals surface area contributed by atoms with Crippen molar-refractivity contribution in [2.24, 2.45) is 0 Å². The average molecular weight is 384 g/mol. The molecule has 0 aliphatic rings. The standard InChI is InChI=1S/C15H12Br2O2/c16-12-5-1-10(2-6-12)9-14(15(18)19)11-3-7-13(17)8-4-11/h1-8,14H,9H2,(H,18,19). The summed E-state index contributed by atoms with van der Waals surface area (Å²) in [5, 5.41) is 9.39. The van der Waals surface area contributed by atoms with Crippen LogP contribution in [0.15, 0.2) is 57.5 Å². The zero-order valence-corrected chi connectivity index (χ0v) is 13.2. The Morgan fingerprint density at radius 1 is 0.947 bits per heavy atom. The zero-order valence-electron chi connectivity index (χ0n) is 10.0. The van der Waals surface area contributed by atoms with E-state index >= 15 is 0 Å². The molecule has 0 radical (unpaired) electrons. The van der Waals surface area contributed by atoms with Gasteiger partial charge in [0, 0.05) is 8.95 Å². The molecule has 2 aromatic carbocycles. The van der Waals surface area contributed by atoms with Gasteiger partial charge in [-0.3, -0.25) is 4.79 Å². The van der Waals surface area contributed by atoms with Gasteiger partial charge in [0.05, 0.1) is 5.92 Å². The van der Waals surface area contributed by atoms with E-state index in [1.54, 1.807) is 0 Å². The minimum atomic E-state index is -0.801. The molecule has 1 atom stereocenters. The van der Waals surface area contributed by atoms with Crippen molar-refractivity contribution < 1.29 is 9.90 Å². The van der Waals surface area contributed by atoms with Crippen molar-refractivity contribution in [2.45, 2.75) is 12.3 Å². The van der Waals surface area contributed by atoms with E-state index in [2.05, 4.69) is 31.9 Å². The quantitative estimate of drug-likeness (QED) is 0.836. The van der Waals surface area contributed by atoms with Gasteiger partial charge in [-0.05, 0) is 41.8 Å². The molecular formula is C15H12Br2O2. The largest absolute Gasteiger partial charge is 0.481 e. The summed E-state index contributed by atoms with van der Waals surface area (Å²) < 4.78 is 1.94. The van der Waals surface area contributed by atoms with Crippen molar-refractivity contribution in [1.82, 2.24) is 0 Å². The van der Waals surface area contributed by atoms with Crippen LogP contribution >= 0.6 is 31.9 Å². The molecule has 1 N–H and O–H groups in total. The highest BCUT2D eigenvalue weighted by Gasteiger charge is 2.20. The smallest absolute Gasteiger partial charge is 0.311 e. The summed E-state index contributed by atoms with van der Waals surface area (Å²) in [4.78, 5) is 11.4. The Kier molecular flexibility index (Phi) is 4.77. The fourth-order valence-corrected chi connectivity index (χ4v) is 2.43. The predicted octanol–water partition coefficient (Wildman–Crippen LogP) is 4.62. The zero-order chi connectivity index (χ0) is 13.8. The van der Waals surface area contributed by atoms with Crippen LogP contribution in [0.25, 0.3) is 0 Å². The van der Waals surface area contributed by atoms with E-state index in [0.29, 0.717) is 6.42 Å². The molecular weight excluding hydrogens is 372 g/mol. The van der Waals surface area contributed by atoms with E-state index in [1.165, 1.54) is 0 Å². The predicted molar refractivity (Wildman–Crippen MR) is 82.4 cm³/mol. The maximum absolute atomic E-state index is 11.4. The minimum absolute atomic E-state index is 0.490. The van der Waals surface area contributed by atoms with Gasteiger partial charge in [0.15, 0.2) is 0 Å². The molecule has 2 aromatic rings. The topological polar surface area (TPSA) is 37.3 Å². The minimum Gasteiger partial charge on any atom is -0.481 e. The molecule has 1 unspecified atom stereocenters. The SMILES string of the molecule is O=C(O)C(Cc1ccc(Br)cc1)c1ccc(Br)cc1. The van der Waals surface area contributed by atoms with E-state index in [-0.39, 0.29) is 0 Å². The molecule has 0 saturated carbocycles. The van der Waals surface area contributed by atoms with Crippen molar-refractivity contribution in [3.63, 3.8) is 0 Å². The highest BCUT2D eigenvalue weighted by molar-refractivity contribution is 9.10. The van der Waals surface area contributed by atoms with Crippen molar-refractivity contribution in [3.8, 4) is 0 Å². The summed E-state index contributed by atoms with van der Waals surface area (Å²) in [7, 11) is 0. The molecule has 0 aromatic heterocycles. The highest BCUT2D eigenvalue weighted by atomic mass is 79.9. The van der Waals surface area contributed by atoms with Gasteiger partial charge < -0.3 is 5.11 Å². The lowest BCUT2D eigenvalue weighted by molar-refractivity contribution is -0.138. The van der Waals surface area contributed by atoms with Crippen molar-refractivity contribution in [2.75, 3.05) is 0 Å². The van der Waals surface area contributed by atoms with Gasteiger partial charge in [-0.2, -0.15) is 0 Å². The molecule has 0 saturated heterocycles. The van der Waals surface area contributed by atoms with Crippen LogP contribution in [-0.4, -0.2) is 11.1 Å². The number of rotatable bonds is 4. The molecule has 19 heavy (non-hydrogen) atoms. The molecule has 0 spiro atoms. The van der Waals surface area contributed by atoms with Crippen LogP contribution in [0.5, 0.6) is 0 Å². The summed E-state index contributed by atoms with van der Waals surface area (Å²) in [6, 6.07) is 15.2. The van der Waals surface area contributed by atoms with E-state index in [1.807, 2.05) is 48.5 Å². The monoisotopic (exact) mass is 382 g/mol. The van der Waals surface area contributed by atoms with E-state index in [9.17, 15) is 9.90 Å². The van der Waals surface area contributed by atoms with Crippen LogP contribution in [0.1, 0.15) is 17.0 Å². The third-order valence-corrected chi connectivity index (χ3v) is 3.98. The van der Waals surface area contributed by atoms with Crippen LogP contribution < -0.4 is 0 Å². The number of carbonyl (C=O) groups is 1. The van der Waals surface area contributed by atoms with Crippen LogP contribution in [0.2, 0.25) is 0 Å². The first-order valence-corrected chi connectivity index (χ1v) is 7.37. The second kappa shape index (κ2) is 6.35. The lowest BCUT2D eigenvalue weighted by Gasteiger charge is -2.13.